The van der Waals surface area contributed by atoms with E-state index in [0.717, 1.165) is 18.5 Å². The molecule has 0 aliphatic carbocycles. The van der Waals surface area contributed by atoms with Gasteiger partial charge in [-0.05, 0) is 18.9 Å². The third-order valence-corrected chi connectivity index (χ3v) is 4.90. The standard InChI is InChI=1S/C17H24N4O3/c1-11(12-5-3-2-4-6-12)18-15(22)10-21-8-7-14-13(9-21)16(17(23)24)20-19-14/h2-6,11,13-14,16,19-20H,7-10H2,1H3,(H,18,22)(H,23,24). The normalized spacial score (nSPS) is 28.1. The summed E-state index contributed by atoms with van der Waals surface area (Å²) in [6.07, 6.45) is 0.836. The van der Waals surface area contributed by atoms with Crippen LogP contribution >= 0.6 is 0 Å². The van der Waals surface area contributed by atoms with Crippen LogP contribution in [0.25, 0.3) is 0 Å². The highest BCUT2D eigenvalue weighted by Gasteiger charge is 2.43. The summed E-state index contributed by atoms with van der Waals surface area (Å²) in [4.78, 5) is 25.6. The Kier molecular flexibility index (Phi) is 5.13. The smallest absolute Gasteiger partial charge is 0.322 e. The van der Waals surface area contributed by atoms with Gasteiger partial charge in [-0.15, -0.1) is 0 Å². The number of likely N-dealkylation sites (tertiary alicyclic amines) is 1. The highest BCUT2D eigenvalue weighted by molar-refractivity contribution is 5.78. The van der Waals surface area contributed by atoms with E-state index in [0.29, 0.717) is 13.1 Å². The zero-order valence-electron chi connectivity index (χ0n) is 13.7. The monoisotopic (exact) mass is 332 g/mol. The average Bonchev–Trinajstić information content (AvgIpc) is 2.99. The number of carbonyl (C=O) groups excluding carboxylic acids is 1. The van der Waals surface area contributed by atoms with Crippen molar-refractivity contribution in [3.05, 3.63) is 35.9 Å². The third kappa shape index (κ3) is 3.75. The van der Waals surface area contributed by atoms with Gasteiger partial charge in [-0.25, -0.2) is 5.43 Å². The number of hydrogen-bond acceptors (Lipinski definition) is 5. The molecular weight excluding hydrogens is 308 g/mol. The van der Waals surface area contributed by atoms with Crippen molar-refractivity contribution in [3.63, 3.8) is 0 Å². The number of carboxylic acid groups (broad SMARTS) is 1. The third-order valence-electron chi connectivity index (χ3n) is 4.90. The van der Waals surface area contributed by atoms with Crippen LogP contribution in [0.3, 0.4) is 0 Å². The van der Waals surface area contributed by atoms with Gasteiger partial charge in [-0.3, -0.25) is 19.9 Å². The number of nitrogens with one attached hydrogen (secondary N) is 3. The maximum atomic E-state index is 12.3. The van der Waals surface area contributed by atoms with E-state index >= 15 is 0 Å². The first kappa shape index (κ1) is 16.9. The first-order chi connectivity index (χ1) is 11.5. The van der Waals surface area contributed by atoms with E-state index in [2.05, 4.69) is 16.2 Å². The second kappa shape index (κ2) is 7.29. The summed E-state index contributed by atoms with van der Waals surface area (Å²) < 4.78 is 0. The maximum absolute atomic E-state index is 12.3. The van der Waals surface area contributed by atoms with Crippen molar-refractivity contribution >= 4 is 11.9 Å². The van der Waals surface area contributed by atoms with Crippen LogP contribution in [0.15, 0.2) is 30.3 Å². The number of benzene rings is 1. The van der Waals surface area contributed by atoms with Crippen LogP contribution in [0.4, 0.5) is 0 Å². The van der Waals surface area contributed by atoms with Gasteiger partial charge in [0.05, 0.1) is 12.6 Å². The molecule has 0 saturated carbocycles. The SMILES string of the molecule is CC(NC(=O)CN1CCC2NNC(C(=O)O)C2C1)c1ccccc1. The van der Waals surface area contributed by atoms with Crippen molar-refractivity contribution in [3.8, 4) is 0 Å². The number of nitrogens with zero attached hydrogens (tertiary/aromatic N) is 1. The van der Waals surface area contributed by atoms with E-state index < -0.39 is 12.0 Å². The van der Waals surface area contributed by atoms with E-state index in [9.17, 15) is 14.7 Å². The van der Waals surface area contributed by atoms with Gasteiger partial charge >= 0.3 is 5.97 Å². The first-order valence-corrected chi connectivity index (χ1v) is 8.35. The molecule has 1 aromatic rings. The van der Waals surface area contributed by atoms with E-state index in [1.807, 2.05) is 42.2 Å². The van der Waals surface area contributed by atoms with Crippen molar-refractivity contribution in [2.45, 2.75) is 31.5 Å². The number of fused-ring (bicyclic) bond motifs is 1. The lowest BCUT2D eigenvalue weighted by molar-refractivity contribution is -0.140. The Balaban J connectivity index is 1.52. The number of piperidine rings is 1. The summed E-state index contributed by atoms with van der Waals surface area (Å²) in [6, 6.07) is 9.36. The van der Waals surface area contributed by atoms with Gasteiger partial charge in [0.15, 0.2) is 0 Å². The summed E-state index contributed by atoms with van der Waals surface area (Å²) >= 11 is 0. The summed E-state index contributed by atoms with van der Waals surface area (Å²) in [5, 5.41) is 12.3. The van der Waals surface area contributed by atoms with Crippen LogP contribution in [-0.2, 0) is 9.59 Å². The van der Waals surface area contributed by atoms with E-state index in [4.69, 9.17) is 0 Å². The molecule has 0 aromatic heterocycles. The minimum Gasteiger partial charge on any atom is -0.480 e. The number of carboxylic acids is 1. The van der Waals surface area contributed by atoms with Crippen LogP contribution in [0.2, 0.25) is 0 Å². The molecule has 0 bridgehead atoms. The zero-order chi connectivity index (χ0) is 17.1. The topological polar surface area (TPSA) is 93.7 Å². The Hall–Kier alpha value is -1.96. The second-order valence-electron chi connectivity index (χ2n) is 6.60. The molecule has 130 valence electrons. The molecule has 0 radical (unpaired) electrons. The van der Waals surface area contributed by atoms with E-state index in [1.165, 1.54) is 0 Å². The Bertz CT molecular complexity index is 595. The maximum Gasteiger partial charge on any atom is 0.322 e. The number of rotatable bonds is 5. The van der Waals surface area contributed by atoms with Gasteiger partial charge in [0.2, 0.25) is 5.91 Å². The lowest BCUT2D eigenvalue weighted by Gasteiger charge is -2.35. The zero-order valence-corrected chi connectivity index (χ0v) is 13.7. The van der Waals surface area contributed by atoms with Crippen LogP contribution in [0, 0.1) is 5.92 Å². The lowest BCUT2D eigenvalue weighted by Crippen LogP contribution is -2.50. The molecule has 2 aliphatic rings. The summed E-state index contributed by atoms with van der Waals surface area (Å²) in [5.41, 5.74) is 6.98. The number of carbonyl (C=O) groups is 2. The second-order valence-corrected chi connectivity index (χ2v) is 6.60. The Morgan fingerprint density at radius 1 is 1.33 bits per heavy atom. The molecule has 4 N–H and O–H groups in total. The molecule has 2 aliphatic heterocycles. The quantitative estimate of drug-likeness (QED) is 0.612. The summed E-state index contributed by atoms with van der Waals surface area (Å²) in [6.45, 7) is 3.65. The molecule has 2 fully saturated rings. The molecule has 4 unspecified atom stereocenters. The predicted octanol–water partition coefficient (Wildman–Crippen LogP) is 0.115. The minimum atomic E-state index is -0.848. The number of amides is 1. The fraction of sp³-hybridized carbons (Fsp3) is 0.529. The number of hydrazine groups is 1. The molecule has 1 aromatic carbocycles. The largest absolute Gasteiger partial charge is 0.480 e. The van der Waals surface area contributed by atoms with Crippen molar-refractivity contribution in [1.29, 1.82) is 0 Å². The molecule has 7 nitrogen and oxygen atoms in total. The summed E-state index contributed by atoms with van der Waals surface area (Å²) in [5.74, 6) is -0.898. The van der Waals surface area contributed by atoms with Gasteiger partial charge in [-0.2, -0.15) is 0 Å². The van der Waals surface area contributed by atoms with E-state index in [1.54, 1.807) is 0 Å². The molecule has 0 spiro atoms. The van der Waals surface area contributed by atoms with Gasteiger partial charge in [0.25, 0.3) is 0 Å². The van der Waals surface area contributed by atoms with Crippen molar-refractivity contribution in [2.75, 3.05) is 19.6 Å². The van der Waals surface area contributed by atoms with Crippen molar-refractivity contribution < 1.29 is 14.7 Å². The van der Waals surface area contributed by atoms with E-state index in [-0.39, 0.29) is 23.9 Å². The van der Waals surface area contributed by atoms with Crippen LogP contribution in [0.5, 0.6) is 0 Å². The van der Waals surface area contributed by atoms with Gasteiger partial charge in [-0.1, -0.05) is 30.3 Å². The predicted molar refractivity (Wildman–Crippen MR) is 89.0 cm³/mol. The number of hydrogen-bond donors (Lipinski definition) is 4. The molecule has 24 heavy (non-hydrogen) atoms. The Morgan fingerprint density at radius 3 is 2.79 bits per heavy atom. The van der Waals surface area contributed by atoms with Gasteiger partial charge in [0.1, 0.15) is 6.04 Å². The van der Waals surface area contributed by atoms with Crippen molar-refractivity contribution in [1.82, 2.24) is 21.1 Å². The van der Waals surface area contributed by atoms with Gasteiger partial charge in [0, 0.05) is 25.0 Å². The summed E-state index contributed by atoms with van der Waals surface area (Å²) in [7, 11) is 0. The average molecular weight is 332 g/mol. The molecule has 2 saturated heterocycles. The van der Waals surface area contributed by atoms with Crippen LogP contribution in [0.1, 0.15) is 24.9 Å². The van der Waals surface area contributed by atoms with Crippen LogP contribution < -0.4 is 16.2 Å². The number of aliphatic carboxylic acids is 1. The molecular formula is C17H24N4O3. The lowest BCUT2D eigenvalue weighted by atomic mass is 9.88. The Morgan fingerprint density at radius 2 is 2.08 bits per heavy atom. The highest BCUT2D eigenvalue weighted by atomic mass is 16.4. The Labute approximate surface area is 141 Å². The van der Waals surface area contributed by atoms with Crippen molar-refractivity contribution in [2.24, 2.45) is 5.92 Å². The minimum absolute atomic E-state index is 0.0180. The molecule has 1 amide bonds. The van der Waals surface area contributed by atoms with Gasteiger partial charge < -0.3 is 10.4 Å². The fourth-order valence-corrected chi connectivity index (χ4v) is 3.58. The van der Waals surface area contributed by atoms with Crippen LogP contribution in [-0.4, -0.2) is 53.6 Å². The highest BCUT2D eigenvalue weighted by Crippen LogP contribution is 2.24. The first-order valence-electron chi connectivity index (χ1n) is 8.35. The fourth-order valence-electron chi connectivity index (χ4n) is 3.58. The molecule has 7 heteroatoms. The molecule has 4 atom stereocenters. The molecule has 3 rings (SSSR count). The molecule has 2 heterocycles.